The Morgan fingerprint density at radius 1 is 1.28 bits per heavy atom. The molecule has 6 nitrogen and oxygen atoms in total. The number of aliphatic imine (C=N–C) groups is 1. The van der Waals surface area contributed by atoms with Gasteiger partial charge in [-0.3, -0.25) is 14.6 Å². The summed E-state index contributed by atoms with van der Waals surface area (Å²) in [4.78, 5) is 28.4. The Bertz CT molecular complexity index is 665. The normalized spacial score (nSPS) is 24.4. The topological polar surface area (TPSA) is 88.0 Å². The van der Waals surface area contributed by atoms with Crippen molar-refractivity contribution in [1.82, 2.24) is 5.32 Å². The molecule has 3 rings (SSSR count). The highest BCUT2D eigenvalue weighted by atomic mass is 16.6. The van der Waals surface area contributed by atoms with E-state index in [0.717, 1.165) is 25.7 Å². The lowest BCUT2D eigenvalue weighted by atomic mass is 9.75. The minimum Gasteiger partial charge on any atom is -0.366 e. The van der Waals surface area contributed by atoms with Crippen molar-refractivity contribution in [1.29, 1.82) is 0 Å². The third kappa shape index (κ3) is 3.65. The maximum atomic E-state index is 12.2. The van der Waals surface area contributed by atoms with Crippen molar-refractivity contribution in [2.24, 2.45) is 4.99 Å². The summed E-state index contributed by atoms with van der Waals surface area (Å²) in [5.41, 5.74) is 1.20. The average Bonchev–Trinajstić information content (AvgIpc) is 3.07. The van der Waals surface area contributed by atoms with Gasteiger partial charge in [-0.15, -0.1) is 0 Å². The van der Waals surface area contributed by atoms with Crippen LogP contribution >= 0.6 is 0 Å². The zero-order chi connectivity index (χ0) is 17.9. The molecule has 2 aliphatic rings. The third-order valence-corrected chi connectivity index (χ3v) is 5.27. The molecule has 1 aromatic rings. The molecule has 0 spiro atoms. The number of rotatable bonds is 5. The van der Waals surface area contributed by atoms with Crippen molar-refractivity contribution in [3.05, 3.63) is 35.9 Å². The molecule has 2 unspecified atom stereocenters. The van der Waals surface area contributed by atoms with E-state index in [1.165, 1.54) is 12.7 Å². The van der Waals surface area contributed by atoms with Gasteiger partial charge in [0.2, 0.25) is 11.6 Å². The van der Waals surface area contributed by atoms with Gasteiger partial charge in [0.1, 0.15) is 12.6 Å². The molecule has 0 amide bonds. The highest BCUT2D eigenvalue weighted by Crippen LogP contribution is 2.44. The first-order valence-electron chi connectivity index (χ1n) is 8.69. The van der Waals surface area contributed by atoms with Gasteiger partial charge in [0, 0.05) is 18.9 Å². The van der Waals surface area contributed by atoms with Gasteiger partial charge in [0.25, 0.3) is 0 Å². The van der Waals surface area contributed by atoms with Crippen LogP contribution in [0.25, 0.3) is 0 Å². The number of aliphatic hydroxyl groups is 1. The summed E-state index contributed by atoms with van der Waals surface area (Å²) in [6.07, 6.45) is 3.60. The van der Waals surface area contributed by atoms with Gasteiger partial charge in [0.05, 0.1) is 5.84 Å². The highest BCUT2D eigenvalue weighted by Gasteiger charge is 2.40. The van der Waals surface area contributed by atoms with Crippen LogP contribution in [-0.2, 0) is 19.7 Å². The maximum absolute atomic E-state index is 12.2. The lowest BCUT2D eigenvalue weighted by molar-refractivity contribution is -0.146. The van der Waals surface area contributed by atoms with E-state index in [4.69, 9.17) is 4.74 Å². The second kappa shape index (κ2) is 7.45. The van der Waals surface area contributed by atoms with Crippen LogP contribution in [0.1, 0.15) is 37.7 Å². The number of ether oxygens (including phenoxy) is 1. The van der Waals surface area contributed by atoms with E-state index in [1.807, 2.05) is 18.2 Å². The summed E-state index contributed by atoms with van der Waals surface area (Å²) < 4.78 is 4.86. The molecule has 1 heterocycles. The number of benzene rings is 1. The molecule has 1 saturated carbocycles. The fourth-order valence-electron chi connectivity index (χ4n) is 3.88. The first kappa shape index (κ1) is 17.8. The number of Topliss-reactive ketones (excluding diaryl/α,β-unsaturated/α-hetero) is 2. The van der Waals surface area contributed by atoms with Gasteiger partial charge >= 0.3 is 0 Å². The number of nitrogens with one attached hydrogen (secondary N) is 1. The Labute approximate surface area is 147 Å². The lowest BCUT2D eigenvalue weighted by Crippen LogP contribution is -2.51. The fourth-order valence-corrected chi connectivity index (χ4v) is 3.88. The minimum atomic E-state index is -1.38. The molecular weight excluding hydrogens is 320 g/mol. The van der Waals surface area contributed by atoms with Gasteiger partial charge in [-0.25, -0.2) is 0 Å². The molecule has 1 aliphatic heterocycles. The first-order valence-corrected chi connectivity index (χ1v) is 8.69. The molecule has 25 heavy (non-hydrogen) atoms. The van der Waals surface area contributed by atoms with Crippen molar-refractivity contribution in [3.63, 3.8) is 0 Å². The summed E-state index contributed by atoms with van der Waals surface area (Å²) in [5.74, 6) is -0.705. The molecular formula is C19H24N2O4. The van der Waals surface area contributed by atoms with Crippen molar-refractivity contribution < 1.29 is 19.4 Å². The quantitative estimate of drug-likeness (QED) is 0.622. The second-order valence-corrected chi connectivity index (χ2v) is 6.83. The zero-order valence-corrected chi connectivity index (χ0v) is 14.4. The largest absolute Gasteiger partial charge is 0.366 e. The summed E-state index contributed by atoms with van der Waals surface area (Å²) in [7, 11) is 1.30. The number of ketones is 2. The monoisotopic (exact) mass is 344 g/mol. The number of carbonyl (C=O) groups is 2. The number of methoxy groups -OCH3 is 1. The smallest absolute Gasteiger partial charge is 0.227 e. The minimum absolute atomic E-state index is 0.0495. The zero-order valence-electron chi connectivity index (χ0n) is 14.4. The predicted molar refractivity (Wildman–Crippen MR) is 93.5 cm³/mol. The van der Waals surface area contributed by atoms with Crippen molar-refractivity contribution in [3.8, 4) is 0 Å². The molecule has 1 fully saturated rings. The first-order chi connectivity index (χ1) is 12.1. The Kier molecular flexibility index (Phi) is 5.30. The molecule has 0 radical (unpaired) electrons. The standard InChI is InChI=1S/C19H24N2O4/c1-25-18(24)16-17(23)14(22)12-20-15(21-16)11-19(9-5-6-10-19)13-7-3-2-4-8-13/h2-4,7-8,16,18,24H,5-6,9-12H2,1H3,(H,20,21). The van der Waals surface area contributed by atoms with Crippen molar-refractivity contribution in [2.75, 3.05) is 13.7 Å². The van der Waals surface area contributed by atoms with Crippen LogP contribution < -0.4 is 5.32 Å². The number of amidine groups is 1. The van der Waals surface area contributed by atoms with E-state index >= 15 is 0 Å². The van der Waals surface area contributed by atoms with Crippen molar-refractivity contribution in [2.45, 2.75) is 49.9 Å². The van der Waals surface area contributed by atoms with Crippen LogP contribution in [0, 0.1) is 0 Å². The van der Waals surface area contributed by atoms with Crippen LogP contribution in [0.15, 0.2) is 35.3 Å². The van der Waals surface area contributed by atoms with E-state index in [9.17, 15) is 14.7 Å². The summed E-state index contributed by atoms with van der Waals surface area (Å²) in [5, 5.41) is 12.9. The molecule has 1 aliphatic carbocycles. The molecule has 134 valence electrons. The van der Waals surface area contributed by atoms with Crippen LogP contribution in [0.4, 0.5) is 0 Å². The Hall–Kier alpha value is -2.05. The summed E-state index contributed by atoms with van der Waals surface area (Å²) in [6.45, 7) is -0.182. The van der Waals surface area contributed by atoms with Crippen LogP contribution in [0.2, 0.25) is 0 Å². The fraction of sp³-hybridized carbons (Fsp3) is 0.526. The van der Waals surface area contributed by atoms with E-state index in [-0.39, 0.29) is 12.0 Å². The summed E-state index contributed by atoms with van der Waals surface area (Å²) in [6, 6.07) is 9.20. The number of hydrogen-bond donors (Lipinski definition) is 2. The molecule has 0 bridgehead atoms. The Balaban J connectivity index is 1.87. The van der Waals surface area contributed by atoms with E-state index in [0.29, 0.717) is 12.3 Å². The van der Waals surface area contributed by atoms with E-state index < -0.39 is 23.9 Å². The van der Waals surface area contributed by atoms with Crippen LogP contribution in [0.3, 0.4) is 0 Å². The number of nitrogens with zero attached hydrogens (tertiary/aromatic N) is 1. The van der Waals surface area contributed by atoms with E-state index in [2.05, 4.69) is 22.4 Å². The van der Waals surface area contributed by atoms with E-state index in [1.54, 1.807) is 0 Å². The van der Waals surface area contributed by atoms with Crippen molar-refractivity contribution >= 4 is 17.4 Å². The highest BCUT2D eigenvalue weighted by molar-refractivity contribution is 6.41. The number of aliphatic hydroxyl groups excluding tert-OH is 1. The molecule has 1 aromatic carbocycles. The average molecular weight is 344 g/mol. The third-order valence-electron chi connectivity index (χ3n) is 5.27. The van der Waals surface area contributed by atoms with Gasteiger partial charge in [-0.2, -0.15) is 0 Å². The number of carbonyl (C=O) groups excluding carboxylic acids is 2. The molecule has 6 heteroatoms. The molecule has 2 N–H and O–H groups in total. The molecule has 2 atom stereocenters. The van der Waals surface area contributed by atoms with Gasteiger partial charge < -0.3 is 15.2 Å². The SMILES string of the molecule is COC(O)C1NC(CC2(c3ccccc3)CCCC2)=NCC(=O)C1=O. The van der Waals surface area contributed by atoms with Gasteiger partial charge in [-0.1, -0.05) is 43.2 Å². The van der Waals surface area contributed by atoms with Gasteiger partial charge in [-0.05, 0) is 18.4 Å². The predicted octanol–water partition coefficient (Wildman–Crippen LogP) is 1.36. The summed E-state index contributed by atoms with van der Waals surface area (Å²) >= 11 is 0. The lowest BCUT2D eigenvalue weighted by Gasteiger charge is -2.31. The number of hydrogen-bond acceptors (Lipinski definition) is 6. The maximum Gasteiger partial charge on any atom is 0.227 e. The Morgan fingerprint density at radius 2 is 1.96 bits per heavy atom. The molecule has 0 saturated heterocycles. The Morgan fingerprint density at radius 3 is 2.60 bits per heavy atom. The second-order valence-electron chi connectivity index (χ2n) is 6.83. The van der Waals surface area contributed by atoms with Crippen LogP contribution in [0.5, 0.6) is 0 Å². The van der Waals surface area contributed by atoms with Crippen LogP contribution in [-0.4, -0.2) is 48.5 Å². The van der Waals surface area contributed by atoms with Gasteiger partial charge in [0.15, 0.2) is 6.29 Å². The molecule has 0 aromatic heterocycles.